The van der Waals surface area contributed by atoms with E-state index in [1.165, 1.54) is 15.7 Å². The lowest BCUT2D eigenvalue weighted by Crippen LogP contribution is -2.35. The Morgan fingerprint density at radius 2 is 2.00 bits per heavy atom. The van der Waals surface area contributed by atoms with E-state index in [2.05, 4.69) is 39.4 Å². The highest BCUT2D eigenvalue weighted by atomic mass is 79.9. The first-order valence-electron chi connectivity index (χ1n) is 5.42. The van der Waals surface area contributed by atoms with Crippen molar-refractivity contribution in [3.63, 3.8) is 0 Å². The van der Waals surface area contributed by atoms with Crippen molar-refractivity contribution < 1.29 is 4.74 Å². The Morgan fingerprint density at radius 1 is 1.25 bits per heavy atom. The summed E-state index contributed by atoms with van der Waals surface area (Å²) in [5.41, 5.74) is 3.08. The minimum absolute atomic E-state index is 0. The Morgan fingerprint density at radius 3 is 2.75 bits per heavy atom. The smallest absolute Gasteiger partial charge is 0.0475 e. The van der Waals surface area contributed by atoms with Crippen molar-refractivity contribution >= 4 is 34.0 Å². The van der Waals surface area contributed by atoms with E-state index in [1.54, 1.807) is 0 Å². The molecule has 1 fully saturated rings. The van der Waals surface area contributed by atoms with Gasteiger partial charge in [0.05, 0.1) is 0 Å². The number of benzene rings is 1. The van der Waals surface area contributed by atoms with E-state index in [0.29, 0.717) is 5.41 Å². The highest BCUT2D eigenvalue weighted by Gasteiger charge is 2.41. The molecule has 1 aromatic carbocycles. The van der Waals surface area contributed by atoms with Crippen LogP contribution in [0.15, 0.2) is 22.7 Å². The van der Waals surface area contributed by atoms with Crippen molar-refractivity contribution in [3.8, 4) is 0 Å². The number of fused-ring (bicyclic) bond motifs is 2. The van der Waals surface area contributed by atoms with E-state index in [9.17, 15) is 0 Å². The minimum Gasteiger partial charge on any atom is -0.384 e. The van der Waals surface area contributed by atoms with Crippen LogP contribution in [0, 0.1) is 0 Å². The van der Waals surface area contributed by atoms with Gasteiger partial charge in [-0.15, -0.1) is 12.4 Å². The molecule has 4 heteroatoms. The number of anilines is 1. The molecule has 0 bridgehead atoms. The molecule has 1 saturated heterocycles. The largest absolute Gasteiger partial charge is 0.384 e. The summed E-state index contributed by atoms with van der Waals surface area (Å²) in [6.45, 7) is 2.85. The van der Waals surface area contributed by atoms with Gasteiger partial charge in [0.15, 0.2) is 0 Å². The van der Waals surface area contributed by atoms with Crippen LogP contribution in [0.5, 0.6) is 0 Å². The van der Waals surface area contributed by atoms with Crippen molar-refractivity contribution in [3.05, 3.63) is 28.2 Å². The zero-order valence-electron chi connectivity index (χ0n) is 8.96. The highest BCUT2D eigenvalue weighted by Crippen LogP contribution is 2.46. The Hall–Kier alpha value is -0.250. The van der Waals surface area contributed by atoms with Crippen LogP contribution < -0.4 is 5.32 Å². The zero-order chi connectivity index (χ0) is 10.3. The molecule has 1 spiro atoms. The normalized spacial score (nSPS) is 21.1. The third-order valence-electron chi connectivity index (χ3n) is 3.61. The third-order valence-corrected chi connectivity index (χ3v) is 4.27. The van der Waals surface area contributed by atoms with Gasteiger partial charge in [-0.25, -0.2) is 0 Å². The van der Waals surface area contributed by atoms with Crippen LogP contribution in [0.4, 0.5) is 5.69 Å². The van der Waals surface area contributed by atoms with Crippen LogP contribution in [0.3, 0.4) is 0 Å². The van der Waals surface area contributed by atoms with Crippen LogP contribution in [0.25, 0.3) is 0 Å². The monoisotopic (exact) mass is 303 g/mol. The molecular formula is C12H15BrClNO. The fourth-order valence-corrected chi connectivity index (χ4v) is 3.54. The molecule has 2 aliphatic rings. The first-order chi connectivity index (χ1) is 7.32. The average Bonchev–Trinajstić information content (AvgIpc) is 2.60. The zero-order valence-corrected chi connectivity index (χ0v) is 11.4. The van der Waals surface area contributed by atoms with Crippen molar-refractivity contribution in [2.45, 2.75) is 18.3 Å². The molecule has 0 amide bonds. The summed E-state index contributed by atoms with van der Waals surface area (Å²) in [6.07, 6.45) is 2.27. The van der Waals surface area contributed by atoms with Gasteiger partial charge in [0.2, 0.25) is 0 Å². The Balaban J connectivity index is 0.000000963. The molecule has 0 atom stereocenters. The second kappa shape index (κ2) is 4.55. The maximum absolute atomic E-state index is 5.47. The molecule has 88 valence electrons. The fraction of sp³-hybridized carbons (Fsp3) is 0.500. The van der Waals surface area contributed by atoms with E-state index >= 15 is 0 Å². The number of ether oxygens (including phenoxy) is 1. The maximum atomic E-state index is 5.47. The van der Waals surface area contributed by atoms with Gasteiger partial charge in [-0.2, -0.15) is 0 Å². The van der Waals surface area contributed by atoms with Crippen molar-refractivity contribution in [1.82, 2.24) is 0 Å². The lowest BCUT2D eigenvalue weighted by molar-refractivity contribution is 0.0565. The van der Waals surface area contributed by atoms with Gasteiger partial charge in [-0.3, -0.25) is 0 Å². The van der Waals surface area contributed by atoms with Crippen LogP contribution in [-0.2, 0) is 10.2 Å². The third kappa shape index (κ3) is 1.75. The average molecular weight is 305 g/mol. The molecule has 0 aliphatic carbocycles. The van der Waals surface area contributed by atoms with E-state index in [0.717, 1.165) is 32.6 Å². The van der Waals surface area contributed by atoms with Crippen molar-refractivity contribution in [2.75, 3.05) is 25.1 Å². The molecular weight excluding hydrogens is 289 g/mol. The van der Waals surface area contributed by atoms with Crippen LogP contribution in [-0.4, -0.2) is 19.8 Å². The molecule has 1 N–H and O–H groups in total. The Bertz CT molecular complexity index is 385. The summed E-state index contributed by atoms with van der Waals surface area (Å²) < 4.78 is 6.71. The molecule has 3 rings (SSSR count). The number of hydrogen-bond donors (Lipinski definition) is 1. The quantitative estimate of drug-likeness (QED) is 0.794. The predicted molar refractivity (Wildman–Crippen MR) is 71.6 cm³/mol. The standard InChI is InChI=1S/C12H14BrNO.ClH/c13-9-2-1-3-10-11(9)12(8-14-10)4-6-15-7-5-12;/h1-3,14H,4-8H2;1H. The van der Waals surface area contributed by atoms with Gasteiger partial charge < -0.3 is 10.1 Å². The minimum atomic E-state index is 0. The van der Waals surface area contributed by atoms with Gasteiger partial charge >= 0.3 is 0 Å². The van der Waals surface area contributed by atoms with E-state index in [4.69, 9.17) is 4.74 Å². The molecule has 2 aliphatic heterocycles. The van der Waals surface area contributed by atoms with Crippen LogP contribution in [0.2, 0.25) is 0 Å². The molecule has 0 radical (unpaired) electrons. The summed E-state index contributed by atoms with van der Waals surface area (Å²) in [6, 6.07) is 6.40. The molecule has 0 aromatic heterocycles. The van der Waals surface area contributed by atoms with Crippen LogP contribution in [0.1, 0.15) is 18.4 Å². The first-order valence-corrected chi connectivity index (χ1v) is 6.22. The van der Waals surface area contributed by atoms with Gasteiger partial charge in [0, 0.05) is 35.3 Å². The second-order valence-corrected chi connectivity index (χ2v) is 5.26. The predicted octanol–water partition coefficient (Wildman–Crippen LogP) is 3.34. The summed E-state index contributed by atoms with van der Waals surface area (Å²) in [5.74, 6) is 0. The molecule has 2 heterocycles. The number of rotatable bonds is 0. The van der Waals surface area contributed by atoms with Gasteiger partial charge in [0.1, 0.15) is 0 Å². The van der Waals surface area contributed by atoms with Crippen LogP contribution >= 0.6 is 28.3 Å². The molecule has 0 saturated carbocycles. The number of nitrogens with one attached hydrogen (secondary N) is 1. The van der Waals surface area contributed by atoms with Crippen molar-refractivity contribution in [1.29, 1.82) is 0 Å². The fourth-order valence-electron chi connectivity index (χ4n) is 2.75. The van der Waals surface area contributed by atoms with E-state index in [1.807, 2.05) is 0 Å². The Kier molecular flexibility index (Phi) is 3.48. The topological polar surface area (TPSA) is 21.3 Å². The first kappa shape index (κ1) is 12.2. The molecule has 2 nitrogen and oxygen atoms in total. The van der Waals surface area contributed by atoms with Gasteiger partial charge in [-0.05, 0) is 30.5 Å². The van der Waals surface area contributed by atoms with E-state index < -0.39 is 0 Å². The summed E-state index contributed by atoms with van der Waals surface area (Å²) in [4.78, 5) is 0. The molecule has 0 unspecified atom stereocenters. The lowest BCUT2D eigenvalue weighted by atomic mass is 9.76. The second-order valence-electron chi connectivity index (χ2n) is 4.41. The lowest BCUT2D eigenvalue weighted by Gasteiger charge is -2.33. The Labute approximate surface area is 110 Å². The highest BCUT2D eigenvalue weighted by molar-refractivity contribution is 9.10. The van der Waals surface area contributed by atoms with E-state index in [-0.39, 0.29) is 12.4 Å². The van der Waals surface area contributed by atoms with Gasteiger partial charge in [-0.1, -0.05) is 22.0 Å². The summed E-state index contributed by atoms with van der Waals surface area (Å²) in [7, 11) is 0. The number of hydrogen-bond acceptors (Lipinski definition) is 2. The number of halogens is 2. The maximum Gasteiger partial charge on any atom is 0.0475 e. The molecule has 1 aromatic rings. The molecule has 16 heavy (non-hydrogen) atoms. The summed E-state index contributed by atoms with van der Waals surface area (Å²) >= 11 is 3.68. The van der Waals surface area contributed by atoms with Crippen molar-refractivity contribution in [2.24, 2.45) is 0 Å². The van der Waals surface area contributed by atoms with Gasteiger partial charge in [0.25, 0.3) is 0 Å². The summed E-state index contributed by atoms with van der Waals surface area (Å²) in [5, 5.41) is 3.52. The SMILES string of the molecule is Brc1cccc2c1C1(CCOCC1)CN2.Cl.